The highest BCUT2D eigenvalue weighted by molar-refractivity contribution is 9.10. The number of benzene rings is 4. The predicted molar refractivity (Wildman–Crippen MR) is 273 cm³/mol. The zero-order valence-electron chi connectivity index (χ0n) is 38.2. The molecule has 0 aliphatic carbocycles. The lowest BCUT2D eigenvalue weighted by molar-refractivity contribution is 0.00578. The SMILES string of the molecule is CC1(C)OB(c2cnc(N)cn2)OC1(C)C.Clc1cc2c(cc1Br)OCC2.Nc1cnc(-c2cc3c(cc2Cl)CCO3)cn1.O=C(Nc1cnc(-c2cc3c(cc2Cl)CCO3)cn1)c1ccccc1F. The lowest BCUT2D eigenvalue weighted by Crippen LogP contribution is -2.41. The second-order valence-electron chi connectivity index (χ2n) is 17.1. The largest absolute Gasteiger partial charge is 0.516 e. The Kier molecular flexibility index (Phi) is 15.4. The number of aromatic nitrogens is 6. The highest BCUT2D eigenvalue weighted by Gasteiger charge is 2.52. The van der Waals surface area contributed by atoms with Gasteiger partial charge in [-0.05, 0) is 109 Å². The second kappa shape index (κ2) is 21.5. The molecule has 70 heavy (non-hydrogen) atoms. The zero-order chi connectivity index (χ0) is 49.7. The monoisotopic (exact) mass is 1070 g/mol. The summed E-state index contributed by atoms with van der Waals surface area (Å²) in [7, 11) is -0.474. The van der Waals surface area contributed by atoms with Crippen LogP contribution in [0, 0.1) is 5.82 Å². The molecule has 4 aliphatic rings. The molecule has 360 valence electrons. The smallest absolute Gasteiger partial charge is 0.493 e. The molecule has 11 rings (SSSR count). The van der Waals surface area contributed by atoms with Gasteiger partial charge in [0, 0.05) is 41.1 Å². The number of carbonyl (C=O) groups is 1. The van der Waals surface area contributed by atoms with Crippen molar-refractivity contribution >= 4 is 86.8 Å². The quantitative estimate of drug-likeness (QED) is 0.137. The van der Waals surface area contributed by atoms with E-state index in [4.69, 9.17) is 69.8 Å². The molecule has 0 unspecified atom stereocenters. The molecule has 0 atom stereocenters. The first kappa shape index (κ1) is 50.2. The van der Waals surface area contributed by atoms with Crippen LogP contribution in [0.15, 0.2) is 102 Å². The Morgan fingerprint density at radius 3 is 1.61 bits per heavy atom. The van der Waals surface area contributed by atoms with E-state index in [1.165, 1.54) is 48.5 Å². The molecule has 7 heterocycles. The number of hydrogen-bond donors (Lipinski definition) is 3. The van der Waals surface area contributed by atoms with Gasteiger partial charge < -0.3 is 40.3 Å². The third kappa shape index (κ3) is 11.7. The van der Waals surface area contributed by atoms with E-state index >= 15 is 0 Å². The number of nitrogen functional groups attached to an aromatic ring is 2. The van der Waals surface area contributed by atoms with Crippen molar-refractivity contribution in [2.75, 3.05) is 36.6 Å². The normalized spacial score (nSPS) is 15.2. The van der Waals surface area contributed by atoms with E-state index in [0.29, 0.717) is 57.4 Å². The van der Waals surface area contributed by atoms with Crippen molar-refractivity contribution in [2.45, 2.75) is 58.2 Å². The van der Waals surface area contributed by atoms with Gasteiger partial charge >= 0.3 is 7.12 Å². The maximum Gasteiger partial charge on any atom is 0.516 e. The molecule has 0 saturated carbocycles. The van der Waals surface area contributed by atoms with Gasteiger partial charge in [0.1, 0.15) is 34.7 Å². The lowest BCUT2D eigenvalue weighted by Gasteiger charge is -2.32. The minimum Gasteiger partial charge on any atom is -0.493 e. The molecule has 7 aromatic rings. The number of hydrogen-bond acceptors (Lipinski definition) is 14. The summed E-state index contributed by atoms with van der Waals surface area (Å²) in [4.78, 5) is 36.9. The van der Waals surface area contributed by atoms with Crippen LogP contribution in [0.5, 0.6) is 17.2 Å². The van der Waals surface area contributed by atoms with Crippen molar-refractivity contribution in [1.82, 2.24) is 29.9 Å². The van der Waals surface area contributed by atoms with Crippen LogP contribution < -0.4 is 36.6 Å². The Labute approximate surface area is 427 Å². The van der Waals surface area contributed by atoms with E-state index in [1.807, 2.05) is 64.1 Å². The minimum absolute atomic E-state index is 0.0582. The van der Waals surface area contributed by atoms with Crippen LogP contribution in [0.25, 0.3) is 22.5 Å². The van der Waals surface area contributed by atoms with Gasteiger partial charge in [-0.3, -0.25) is 19.7 Å². The van der Waals surface area contributed by atoms with Crippen molar-refractivity contribution in [3.8, 4) is 39.8 Å². The highest BCUT2D eigenvalue weighted by Crippen LogP contribution is 2.39. The molecule has 1 fully saturated rings. The van der Waals surface area contributed by atoms with Crippen LogP contribution in [0.4, 0.5) is 21.8 Å². The molecule has 0 radical (unpaired) electrons. The van der Waals surface area contributed by atoms with Crippen LogP contribution in [0.1, 0.15) is 54.7 Å². The number of nitrogens with zero attached hydrogens (tertiary/aromatic N) is 6. The fourth-order valence-corrected chi connectivity index (χ4v) is 8.30. The summed E-state index contributed by atoms with van der Waals surface area (Å²) in [6.45, 7) is 10.1. The first-order chi connectivity index (χ1) is 33.4. The van der Waals surface area contributed by atoms with Crippen molar-refractivity contribution < 1.29 is 32.7 Å². The third-order valence-electron chi connectivity index (χ3n) is 11.7. The maximum atomic E-state index is 13.7. The molecule has 1 amide bonds. The molecule has 15 nitrogen and oxygen atoms in total. The number of halogens is 5. The van der Waals surface area contributed by atoms with Crippen molar-refractivity contribution in [3.05, 3.63) is 145 Å². The van der Waals surface area contributed by atoms with E-state index in [9.17, 15) is 9.18 Å². The lowest BCUT2D eigenvalue weighted by atomic mass is 9.85. The molecule has 0 bridgehead atoms. The Balaban J connectivity index is 0.000000131. The van der Waals surface area contributed by atoms with Crippen molar-refractivity contribution in [3.63, 3.8) is 0 Å². The Bertz CT molecular complexity index is 2990. The number of ether oxygens (including phenoxy) is 3. The number of carbonyl (C=O) groups excluding carboxylic acids is 1. The number of amides is 1. The van der Waals surface area contributed by atoms with Gasteiger partial charge in [0.05, 0.1) is 99.6 Å². The molecule has 0 spiro atoms. The van der Waals surface area contributed by atoms with Gasteiger partial charge in [-0.15, -0.1) is 0 Å². The number of anilines is 3. The van der Waals surface area contributed by atoms with E-state index < -0.39 is 18.8 Å². The Morgan fingerprint density at radius 2 is 1.13 bits per heavy atom. The first-order valence-corrected chi connectivity index (χ1v) is 23.8. The fraction of sp³-hybridized carbons (Fsp3) is 0.245. The van der Waals surface area contributed by atoms with Crippen LogP contribution in [0.3, 0.4) is 0 Å². The van der Waals surface area contributed by atoms with Crippen molar-refractivity contribution in [1.29, 1.82) is 0 Å². The van der Waals surface area contributed by atoms with E-state index in [1.54, 1.807) is 18.5 Å². The molecule has 3 aromatic heterocycles. The van der Waals surface area contributed by atoms with Gasteiger partial charge in [-0.2, -0.15) is 0 Å². The number of fused-ring (bicyclic) bond motifs is 3. The van der Waals surface area contributed by atoms with Gasteiger partial charge in [-0.1, -0.05) is 46.9 Å². The summed E-state index contributed by atoms with van der Waals surface area (Å²) in [5.41, 5.74) is 17.0. The molecule has 21 heteroatoms. The average Bonchev–Trinajstić information content (AvgIpc) is 4.14. The summed E-state index contributed by atoms with van der Waals surface area (Å²) in [6.07, 6.45) is 11.8. The van der Waals surface area contributed by atoms with E-state index in [0.717, 1.165) is 69.3 Å². The number of nitrogens with one attached hydrogen (secondary N) is 1. The molecule has 4 aromatic carbocycles. The third-order valence-corrected chi connectivity index (χ3v) is 13.5. The maximum absolute atomic E-state index is 13.7. The van der Waals surface area contributed by atoms with Gasteiger partial charge in [0.2, 0.25) is 0 Å². The van der Waals surface area contributed by atoms with Gasteiger partial charge in [-0.25, -0.2) is 19.3 Å². The standard InChI is InChI=1S/C19H13ClFN3O2.C12H10ClN3O.C10H16BN3O2.C8H6BrClO/c20-14-7-11-5-6-26-17(11)8-13(14)16-9-23-18(10-22-16)24-19(25)12-3-1-2-4-15(12)21;13-9-3-7-1-2-17-11(7)4-8(9)10-5-16-12(14)6-15-10;1-9(2)10(3,4)16-11(15-9)7-5-14-8(12)6-13-7;9-6-4-8-5(1-2-11-8)3-7(6)10/h1-4,7-10H,5-6H2,(H,23,24,25);3-6H,1-2H2,(H2,14,16);5-6H,1-4H3,(H2,12,14);3-4H,1-2H2. The summed E-state index contributed by atoms with van der Waals surface area (Å²) in [5.74, 6) is 2.44. The zero-order valence-corrected chi connectivity index (χ0v) is 42.1. The van der Waals surface area contributed by atoms with Crippen LogP contribution >= 0.6 is 50.7 Å². The highest BCUT2D eigenvalue weighted by atomic mass is 79.9. The van der Waals surface area contributed by atoms with E-state index in [2.05, 4.69) is 51.2 Å². The summed E-state index contributed by atoms with van der Waals surface area (Å²) >= 11 is 21.8. The Morgan fingerprint density at radius 1 is 0.643 bits per heavy atom. The van der Waals surface area contributed by atoms with Gasteiger partial charge in [0.15, 0.2) is 5.82 Å². The first-order valence-electron chi connectivity index (χ1n) is 21.8. The average molecular weight is 1070 g/mol. The molecule has 4 aliphatic heterocycles. The van der Waals surface area contributed by atoms with Crippen LogP contribution in [0.2, 0.25) is 15.1 Å². The molecular weight excluding hydrogens is 1030 g/mol. The minimum atomic E-state index is -0.598. The van der Waals surface area contributed by atoms with Crippen molar-refractivity contribution in [2.24, 2.45) is 0 Å². The Hall–Kier alpha value is -6.15. The summed E-state index contributed by atoms with van der Waals surface area (Å²) in [5, 5.41) is 4.50. The molecule has 5 N–H and O–H groups in total. The molecular formula is C49H45BBrCl3FN9O6. The van der Waals surface area contributed by atoms with Crippen LogP contribution in [-0.2, 0) is 28.6 Å². The van der Waals surface area contributed by atoms with E-state index in [-0.39, 0.29) is 22.6 Å². The van der Waals surface area contributed by atoms with Gasteiger partial charge in [0.25, 0.3) is 5.91 Å². The number of rotatable bonds is 5. The topological polar surface area (TPSA) is 205 Å². The summed E-state index contributed by atoms with van der Waals surface area (Å²) in [6, 6.07) is 17.1. The summed E-state index contributed by atoms with van der Waals surface area (Å²) < 4.78 is 42.6. The number of nitrogens with two attached hydrogens (primary N) is 2. The second-order valence-corrected chi connectivity index (χ2v) is 19.1. The van der Waals surface area contributed by atoms with Crippen LogP contribution in [-0.4, -0.2) is 74.0 Å². The molecule has 1 saturated heterocycles. The predicted octanol–water partition coefficient (Wildman–Crippen LogP) is 9.83. The fourth-order valence-electron chi connectivity index (χ4n) is 7.22.